The molecule has 2 aromatic rings. The van der Waals surface area contributed by atoms with Gasteiger partial charge >= 0.3 is 0 Å². The fourth-order valence-electron chi connectivity index (χ4n) is 1.71. The van der Waals surface area contributed by atoms with Gasteiger partial charge in [-0.2, -0.15) is 15.1 Å². The standard InChI is InChI=1S/C10H14ClN5O/c1-2-16(4-3-5-17)9-7-6-12-15-8(7)13-10(11)14-9/h6,17H,2-5H2,1H3,(H,12,13,14,15). The minimum Gasteiger partial charge on any atom is -0.396 e. The van der Waals surface area contributed by atoms with Gasteiger partial charge in [-0.1, -0.05) is 0 Å². The fraction of sp³-hybridized carbons (Fsp3) is 0.500. The van der Waals surface area contributed by atoms with E-state index in [2.05, 4.69) is 20.2 Å². The van der Waals surface area contributed by atoms with Gasteiger partial charge in [-0.15, -0.1) is 0 Å². The number of H-pyrrole nitrogens is 1. The number of aromatic nitrogens is 4. The highest BCUT2D eigenvalue weighted by Gasteiger charge is 2.13. The number of fused-ring (bicyclic) bond motifs is 1. The van der Waals surface area contributed by atoms with E-state index in [1.54, 1.807) is 6.20 Å². The molecule has 0 radical (unpaired) electrons. The maximum Gasteiger partial charge on any atom is 0.226 e. The van der Waals surface area contributed by atoms with E-state index in [1.807, 2.05) is 11.8 Å². The van der Waals surface area contributed by atoms with Gasteiger partial charge in [-0.3, -0.25) is 5.10 Å². The Balaban J connectivity index is 2.40. The van der Waals surface area contributed by atoms with Gasteiger partial charge in [0.05, 0.1) is 11.6 Å². The summed E-state index contributed by atoms with van der Waals surface area (Å²) in [6, 6.07) is 0. The largest absolute Gasteiger partial charge is 0.396 e. The summed E-state index contributed by atoms with van der Waals surface area (Å²) in [7, 11) is 0. The summed E-state index contributed by atoms with van der Waals surface area (Å²) in [6.07, 6.45) is 2.37. The number of halogens is 1. The topological polar surface area (TPSA) is 77.9 Å². The normalized spacial score (nSPS) is 11.0. The van der Waals surface area contributed by atoms with Gasteiger partial charge < -0.3 is 10.0 Å². The molecule has 17 heavy (non-hydrogen) atoms. The van der Waals surface area contributed by atoms with E-state index in [0.29, 0.717) is 12.1 Å². The summed E-state index contributed by atoms with van der Waals surface area (Å²) in [4.78, 5) is 10.3. The Morgan fingerprint density at radius 3 is 3.00 bits per heavy atom. The molecule has 0 amide bonds. The van der Waals surface area contributed by atoms with Crippen molar-refractivity contribution >= 4 is 28.5 Å². The van der Waals surface area contributed by atoms with E-state index in [9.17, 15) is 0 Å². The number of anilines is 1. The number of aliphatic hydroxyl groups is 1. The molecule has 0 aromatic carbocycles. The molecule has 2 heterocycles. The van der Waals surface area contributed by atoms with Crippen LogP contribution in [0.4, 0.5) is 5.82 Å². The van der Waals surface area contributed by atoms with Crippen LogP contribution in [-0.2, 0) is 0 Å². The molecule has 0 saturated carbocycles. The van der Waals surface area contributed by atoms with E-state index >= 15 is 0 Å². The lowest BCUT2D eigenvalue weighted by Crippen LogP contribution is -2.26. The monoisotopic (exact) mass is 255 g/mol. The zero-order valence-corrected chi connectivity index (χ0v) is 10.3. The zero-order valence-electron chi connectivity index (χ0n) is 9.52. The first-order valence-electron chi connectivity index (χ1n) is 5.48. The van der Waals surface area contributed by atoms with Crippen molar-refractivity contribution in [2.75, 3.05) is 24.6 Å². The number of aliphatic hydroxyl groups excluding tert-OH is 1. The summed E-state index contributed by atoms with van der Waals surface area (Å²) in [5, 5.41) is 16.6. The summed E-state index contributed by atoms with van der Waals surface area (Å²) in [5.41, 5.74) is 0.627. The Bertz CT molecular complexity index is 500. The van der Waals surface area contributed by atoms with Crippen molar-refractivity contribution in [3.05, 3.63) is 11.5 Å². The van der Waals surface area contributed by atoms with Gasteiger partial charge in [0, 0.05) is 19.7 Å². The smallest absolute Gasteiger partial charge is 0.226 e. The first-order chi connectivity index (χ1) is 8.26. The fourth-order valence-corrected chi connectivity index (χ4v) is 1.87. The molecule has 0 fully saturated rings. The molecule has 0 aliphatic rings. The first kappa shape index (κ1) is 12.1. The molecule has 6 nitrogen and oxygen atoms in total. The maximum atomic E-state index is 8.88. The third kappa shape index (κ3) is 2.48. The molecule has 92 valence electrons. The molecule has 2 aromatic heterocycles. The molecule has 0 aliphatic carbocycles. The van der Waals surface area contributed by atoms with Crippen molar-refractivity contribution in [1.29, 1.82) is 0 Å². The minimum absolute atomic E-state index is 0.157. The van der Waals surface area contributed by atoms with Crippen LogP contribution in [0.2, 0.25) is 5.28 Å². The van der Waals surface area contributed by atoms with Gasteiger partial charge in [0.15, 0.2) is 5.65 Å². The number of nitrogens with one attached hydrogen (secondary N) is 1. The van der Waals surface area contributed by atoms with E-state index in [1.165, 1.54) is 0 Å². The van der Waals surface area contributed by atoms with Crippen LogP contribution in [-0.4, -0.2) is 45.0 Å². The van der Waals surface area contributed by atoms with E-state index in [-0.39, 0.29) is 11.9 Å². The third-order valence-electron chi connectivity index (χ3n) is 2.53. The van der Waals surface area contributed by atoms with Crippen LogP contribution < -0.4 is 4.90 Å². The van der Waals surface area contributed by atoms with Crippen molar-refractivity contribution in [3.8, 4) is 0 Å². The highest BCUT2D eigenvalue weighted by Crippen LogP contribution is 2.23. The average Bonchev–Trinajstić information content (AvgIpc) is 2.77. The van der Waals surface area contributed by atoms with E-state index in [0.717, 1.165) is 24.3 Å². The molecule has 2 N–H and O–H groups in total. The lowest BCUT2D eigenvalue weighted by Gasteiger charge is -2.21. The highest BCUT2D eigenvalue weighted by atomic mass is 35.5. The molecule has 0 aliphatic heterocycles. The molecule has 0 saturated heterocycles. The van der Waals surface area contributed by atoms with Gasteiger partial charge in [0.25, 0.3) is 0 Å². The molecular formula is C10H14ClN5O. The number of aromatic amines is 1. The molecule has 2 rings (SSSR count). The number of hydrogen-bond donors (Lipinski definition) is 2. The average molecular weight is 256 g/mol. The van der Waals surface area contributed by atoms with Crippen LogP contribution in [0.5, 0.6) is 0 Å². The Hall–Kier alpha value is -1.40. The van der Waals surface area contributed by atoms with Crippen molar-refractivity contribution < 1.29 is 5.11 Å². The predicted octanol–water partition coefficient (Wildman–Crippen LogP) is 1.21. The summed E-state index contributed by atoms with van der Waals surface area (Å²) in [5.74, 6) is 0.754. The van der Waals surface area contributed by atoms with E-state index in [4.69, 9.17) is 16.7 Å². The van der Waals surface area contributed by atoms with Crippen molar-refractivity contribution in [2.24, 2.45) is 0 Å². The molecule has 7 heteroatoms. The number of hydrogen-bond acceptors (Lipinski definition) is 5. The number of nitrogens with zero attached hydrogens (tertiary/aromatic N) is 4. The maximum absolute atomic E-state index is 8.88. The van der Waals surface area contributed by atoms with E-state index < -0.39 is 0 Å². The molecular weight excluding hydrogens is 242 g/mol. The summed E-state index contributed by atoms with van der Waals surface area (Å²) in [6.45, 7) is 3.69. The number of rotatable bonds is 5. The van der Waals surface area contributed by atoms with Gasteiger partial charge in [0.2, 0.25) is 5.28 Å². The second kappa shape index (κ2) is 5.29. The van der Waals surface area contributed by atoms with Gasteiger partial charge in [0.1, 0.15) is 5.82 Å². The van der Waals surface area contributed by atoms with Crippen LogP contribution >= 0.6 is 11.6 Å². The lowest BCUT2D eigenvalue weighted by molar-refractivity contribution is 0.289. The van der Waals surface area contributed by atoms with Crippen molar-refractivity contribution in [3.63, 3.8) is 0 Å². The van der Waals surface area contributed by atoms with Crippen LogP contribution in [0, 0.1) is 0 Å². The first-order valence-corrected chi connectivity index (χ1v) is 5.86. The second-order valence-corrected chi connectivity index (χ2v) is 3.94. The Labute approximate surface area is 104 Å². The predicted molar refractivity (Wildman–Crippen MR) is 66.3 cm³/mol. The SMILES string of the molecule is CCN(CCCO)c1nc(Cl)nc2[nH]ncc12. The Morgan fingerprint density at radius 1 is 1.47 bits per heavy atom. The van der Waals surface area contributed by atoms with Crippen LogP contribution in [0.25, 0.3) is 11.0 Å². The second-order valence-electron chi connectivity index (χ2n) is 3.61. The van der Waals surface area contributed by atoms with Crippen LogP contribution in [0.1, 0.15) is 13.3 Å². The van der Waals surface area contributed by atoms with Crippen LogP contribution in [0.3, 0.4) is 0 Å². The van der Waals surface area contributed by atoms with Gasteiger partial charge in [-0.05, 0) is 24.9 Å². The summed E-state index contributed by atoms with van der Waals surface area (Å²) < 4.78 is 0. The van der Waals surface area contributed by atoms with Crippen molar-refractivity contribution in [1.82, 2.24) is 20.2 Å². The quantitative estimate of drug-likeness (QED) is 0.786. The molecule has 0 spiro atoms. The zero-order chi connectivity index (χ0) is 12.3. The Kier molecular flexibility index (Phi) is 3.75. The van der Waals surface area contributed by atoms with Crippen LogP contribution in [0.15, 0.2) is 6.20 Å². The lowest BCUT2D eigenvalue weighted by atomic mass is 10.3. The molecule has 0 unspecified atom stereocenters. The summed E-state index contributed by atoms with van der Waals surface area (Å²) >= 11 is 5.87. The Morgan fingerprint density at radius 2 is 2.29 bits per heavy atom. The molecule has 0 bridgehead atoms. The minimum atomic E-state index is 0.157. The highest BCUT2D eigenvalue weighted by molar-refractivity contribution is 6.28. The van der Waals surface area contributed by atoms with Gasteiger partial charge in [-0.25, -0.2) is 0 Å². The molecule has 0 atom stereocenters. The third-order valence-corrected chi connectivity index (χ3v) is 2.70. The van der Waals surface area contributed by atoms with Crippen molar-refractivity contribution in [2.45, 2.75) is 13.3 Å².